The van der Waals surface area contributed by atoms with Crippen LogP contribution in [0, 0.1) is 12.8 Å². The van der Waals surface area contributed by atoms with Crippen molar-refractivity contribution in [2.75, 3.05) is 17.2 Å². The summed E-state index contributed by atoms with van der Waals surface area (Å²) in [5, 5.41) is 7.95. The summed E-state index contributed by atoms with van der Waals surface area (Å²) in [7, 11) is 0. The molecule has 1 fully saturated rings. The zero-order valence-corrected chi connectivity index (χ0v) is 18.7. The first-order valence-corrected chi connectivity index (χ1v) is 11.2. The molecule has 4 rings (SSSR count). The van der Waals surface area contributed by atoms with Crippen molar-refractivity contribution in [2.45, 2.75) is 26.8 Å². The normalized spacial score (nSPS) is 15.6. The molecular weight excluding hydrogens is 424 g/mol. The summed E-state index contributed by atoms with van der Waals surface area (Å²) >= 11 is 1.34. The molecule has 2 N–H and O–H groups in total. The molecule has 0 aliphatic carbocycles. The first-order valence-electron chi connectivity index (χ1n) is 10.3. The molecule has 0 saturated carbocycles. The van der Waals surface area contributed by atoms with E-state index < -0.39 is 5.92 Å². The van der Waals surface area contributed by atoms with Crippen molar-refractivity contribution >= 4 is 39.9 Å². The lowest BCUT2D eigenvalue weighted by atomic mass is 10.1. The van der Waals surface area contributed by atoms with Crippen LogP contribution < -0.4 is 10.6 Å². The molecule has 32 heavy (non-hydrogen) atoms. The number of aryl methyl sites for hydroxylation is 1. The fourth-order valence-corrected chi connectivity index (χ4v) is 4.34. The Balaban J connectivity index is 1.35. The van der Waals surface area contributed by atoms with Gasteiger partial charge in [-0.25, -0.2) is 4.98 Å². The Morgan fingerprint density at radius 3 is 2.50 bits per heavy atom. The number of hydrogen-bond acceptors (Lipinski definition) is 5. The molecule has 0 radical (unpaired) electrons. The molecule has 1 aliphatic heterocycles. The molecule has 2 heterocycles. The Hall–Kier alpha value is -3.52. The van der Waals surface area contributed by atoms with Crippen molar-refractivity contribution in [3.8, 4) is 11.3 Å². The fraction of sp³-hybridized carbons (Fsp3) is 0.250. The Labute approximate surface area is 190 Å². The fourth-order valence-electron chi connectivity index (χ4n) is 3.61. The zero-order chi connectivity index (χ0) is 22.7. The van der Waals surface area contributed by atoms with Gasteiger partial charge >= 0.3 is 0 Å². The van der Waals surface area contributed by atoms with E-state index in [4.69, 9.17) is 0 Å². The SMILES string of the molecule is CC(=O)Nc1ccc(-c2csc(NC(=O)C3CC(=O)N(Cc4ccc(C)cc4)C3)n2)cc1. The van der Waals surface area contributed by atoms with E-state index in [2.05, 4.69) is 15.6 Å². The summed E-state index contributed by atoms with van der Waals surface area (Å²) in [6.45, 7) is 4.40. The van der Waals surface area contributed by atoms with Gasteiger partial charge in [0, 0.05) is 43.1 Å². The number of carbonyl (C=O) groups is 3. The number of aromatic nitrogens is 1. The maximum absolute atomic E-state index is 12.7. The molecule has 0 bridgehead atoms. The number of carbonyl (C=O) groups excluding carboxylic acids is 3. The van der Waals surface area contributed by atoms with Crippen LogP contribution in [0.5, 0.6) is 0 Å². The molecule has 2 aromatic carbocycles. The van der Waals surface area contributed by atoms with Crippen molar-refractivity contribution in [1.82, 2.24) is 9.88 Å². The maximum Gasteiger partial charge on any atom is 0.231 e. The van der Waals surface area contributed by atoms with Crippen LogP contribution in [0.1, 0.15) is 24.5 Å². The maximum atomic E-state index is 12.7. The van der Waals surface area contributed by atoms with Crippen molar-refractivity contribution in [3.63, 3.8) is 0 Å². The van der Waals surface area contributed by atoms with Crippen molar-refractivity contribution in [3.05, 3.63) is 65.0 Å². The quantitative estimate of drug-likeness (QED) is 0.595. The van der Waals surface area contributed by atoms with Gasteiger partial charge in [-0.1, -0.05) is 42.0 Å². The Morgan fingerprint density at radius 1 is 1.09 bits per heavy atom. The number of benzene rings is 2. The van der Waals surface area contributed by atoms with Crippen LogP contribution in [0.15, 0.2) is 53.9 Å². The largest absolute Gasteiger partial charge is 0.338 e. The van der Waals surface area contributed by atoms with Gasteiger partial charge in [0.2, 0.25) is 17.7 Å². The predicted molar refractivity (Wildman–Crippen MR) is 125 cm³/mol. The first kappa shape index (κ1) is 21.7. The highest BCUT2D eigenvalue weighted by Crippen LogP contribution is 2.27. The third-order valence-electron chi connectivity index (χ3n) is 5.31. The van der Waals surface area contributed by atoms with Gasteiger partial charge in [-0.05, 0) is 24.6 Å². The third-order valence-corrected chi connectivity index (χ3v) is 6.07. The molecule has 3 amide bonds. The van der Waals surface area contributed by atoms with E-state index in [1.54, 1.807) is 17.0 Å². The minimum absolute atomic E-state index is 0.00943. The highest BCUT2D eigenvalue weighted by atomic mass is 32.1. The molecule has 1 aliphatic rings. The second-order valence-electron chi connectivity index (χ2n) is 7.95. The van der Waals surface area contributed by atoms with Gasteiger partial charge in [0.1, 0.15) is 0 Å². The van der Waals surface area contributed by atoms with Crippen LogP contribution in [-0.2, 0) is 20.9 Å². The summed E-state index contributed by atoms with van der Waals surface area (Å²) in [4.78, 5) is 42.5. The molecule has 3 aromatic rings. The predicted octanol–water partition coefficient (Wildman–Crippen LogP) is 4.06. The lowest BCUT2D eigenvalue weighted by molar-refractivity contribution is -0.128. The number of likely N-dealkylation sites (tertiary alicyclic amines) is 1. The average Bonchev–Trinajstić information content (AvgIpc) is 3.37. The zero-order valence-electron chi connectivity index (χ0n) is 17.9. The molecule has 8 heteroatoms. The molecule has 0 spiro atoms. The van der Waals surface area contributed by atoms with Gasteiger partial charge in [0.15, 0.2) is 5.13 Å². The standard InChI is InChI=1S/C24H24N4O3S/c1-15-3-5-17(6-4-15)12-28-13-19(11-22(28)30)23(31)27-24-26-21(14-32-24)18-7-9-20(10-8-18)25-16(2)29/h3-10,14,19H,11-13H2,1-2H3,(H,25,29)(H,26,27,31). The van der Waals surface area contributed by atoms with Crippen LogP contribution in [0.2, 0.25) is 0 Å². The number of nitrogens with zero attached hydrogens (tertiary/aromatic N) is 2. The number of nitrogens with one attached hydrogen (secondary N) is 2. The van der Waals surface area contributed by atoms with Gasteiger partial charge in [0.25, 0.3) is 0 Å². The highest BCUT2D eigenvalue weighted by Gasteiger charge is 2.34. The van der Waals surface area contributed by atoms with Crippen LogP contribution in [0.3, 0.4) is 0 Å². The molecular formula is C24H24N4O3S. The third kappa shape index (κ3) is 5.20. The minimum atomic E-state index is -0.391. The summed E-state index contributed by atoms with van der Waals surface area (Å²) in [5.74, 6) is -0.715. The van der Waals surface area contributed by atoms with Crippen LogP contribution in [0.25, 0.3) is 11.3 Å². The molecule has 1 atom stereocenters. The number of hydrogen-bond donors (Lipinski definition) is 2. The highest BCUT2D eigenvalue weighted by molar-refractivity contribution is 7.14. The van der Waals surface area contributed by atoms with Crippen LogP contribution in [0.4, 0.5) is 10.8 Å². The Bertz CT molecular complexity index is 1140. The minimum Gasteiger partial charge on any atom is -0.338 e. The second-order valence-corrected chi connectivity index (χ2v) is 8.80. The monoisotopic (exact) mass is 448 g/mol. The molecule has 1 aromatic heterocycles. The lowest BCUT2D eigenvalue weighted by Crippen LogP contribution is -2.28. The molecule has 7 nitrogen and oxygen atoms in total. The van der Waals surface area contributed by atoms with E-state index in [1.807, 2.05) is 48.7 Å². The summed E-state index contributed by atoms with van der Waals surface area (Å²) in [5.41, 5.74) is 4.56. The molecule has 164 valence electrons. The van der Waals surface area contributed by atoms with E-state index in [0.29, 0.717) is 23.9 Å². The first-order chi connectivity index (χ1) is 15.4. The van der Waals surface area contributed by atoms with Gasteiger partial charge in [-0.2, -0.15) is 0 Å². The summed E-state index contributed by atoms with van der Waals surface area (Å²) in [6, 6.07) is 15.4. The molecule has 1 saturated heterocycles. The Kier molecular flexibility index (Phi) is 6.32. The Morgan fingerprint density at radius 2 is 1.81 bits per heavy atom. The van der Waals surface area contributed by atoms with Crippen molar-refractivity contribution in [1.29, 1.82) is 0 Å². The van der Waals surface area contributed by atoms with Gasteiger partial charge in [-0.15, -0.1) is 11.3 Å². The number of thiazole rings is 1. The van der Waals surface area contributed by atoms with E-state index >= 15 is 0 Å². The smallest absolute Gasteiger partial charge is 0.231 e. The summed E-state index contributed by atoms with van der Waals surface area (Å²) in [6.07, 6.45) is 0.209. The van der Waals surface area contributed by atoms with Crippen molar-refractivity contribution in [2.24, 2.45) is 5.92 Å². The lowest BCUT2D eigenvalue weighted by Gasteiger charge is -2.16. The number of rotatable bonds is 6. The van der Waals surface area contributed by atoms with Crippen LogP contribution in [-0.4, -0.2) is 34.2 Å². The van der Waals surface area contributed by atoms with E-state index in [0.717, 1.165) is 16.8 Å². The number of amides is 3. The van der Waals surface area contributed by atoms with Gasteiger partial charge < -0.3 is 15.5 Å². The van der Waals surface area contributed by atoms with Gasteiger partial charge in [-0.3, -0.25) is 14.4 Å². The van der Waals surface area contributed by atoms with E-state index in [9.17, 15) is 14.4 Å². The molecule has 1 unspecified atom stereocenters. The van der Waals surface area contributed by atoms with Gasteiger partial charge in [0.05, 0.1) is 11.6 Å². The van der Waals surface area contributed by atoms with Crippen molar-refractivity contribution < 1.29 is 14.4 Å². The average molecular weight is 449 g/mol. The van der Waals surface area contributed by atoms with Crippen LogP contribution >= 0.6 is 11.3 Å². The summed E-state index contributed by atoms with van der Waals surface area (Å²) < 4.78 is 0. The van der Waals surface area contributed by atoms with E-state index in [1.165, 1.54) is 23.8 Å². The number of anilines is 2. The topological polar surface area (TPSA) is 91.4 Å². The van der Waals surface area contributed by atoms with E-state index in [-0.39, 0.29) is 24.1 Å². The second kappa shape index (κ2) is 9.32.